The molecule has 3 N–H and O–H groups in total. The van der Waals surface area contributed by atoms with Crippen LogP contribution in [0.2, 0.25) is 0 Å². The van der Waals surface area contributed by atoms with Crippen LogP contribution in [0.5, 0.6) is 0 Å². The number of anilines is 5. The fourth-order valence-electron chi connectivity index (χ4n) is 7.20. The predicted octanol–water partition coefficient (Wildman–Crippen LogP) is 9.67. The van der Waals surface area contributed by atoms with Gasteiger partial charge in [0.25, 0.3) is 31.9 Å². The number of benzene rings is 3. The number of nitrogens with one attached hydrogen (secondary N) is 1. The molecule has 0 bridgehead atoms. The van der Waals surface area contributed by atoms with Gasteiger partial charge in [-0.1, -0.05) is 58.8 Å². The summed E-state index contributed by atoms with van der Waals surface area (Å²) in [4.78, 5) is 21.3. The van der Waals surface area contributed by atoms with Crippen molar-refractivity contribution in [3.05, 3.63) is 104 Å². The Bertz CT molecular complexity index is 3220. The molecule has 0 saturated carbocycles. The summed E-state index contributed by atoms with van der Waals surface area (Å²) in [6.45, 7) is 25.7. The standard InChI is InChI=1S/C39H32N12O6S3/c1-19-16-21(3)32(59(52,53)54)24(6)29(19)45-34-30(48-49-38-47-35(42-8)37(43-9)50(38)15-14-40)23(5)26(18-41)36(46-34)51(39-44-27-12-10-11-13-28(27)58-39)31-20(2)17-22(4)33(25(31)7)60(55,56)57/h10-13,16-17H,15H2,1-7H3,(H,45,46)(H,52,53,54)(H,55,56,57). The number of nitriles is 2. The molecular formula is C39H32N12O6S3. The molecule has 0 fully saturated rings. The molecule has 3 aromatic heterocycles. The van der Waals surface area contributed by atoms with Gasteiger partial charge in [0, 0.05) is 11.3 Å². The molecule has 0 aliphatic rings. The van der Waals surface area contributed by atoms with Gasteiger partial charge in [-0.25, -0.2) is 14.5 Å². The van der Waals surface area contributed by atoms with Gasteiger partial charge in [0.15, 0.2) is 23.3 Å². The molecule has 6 aromatic rings. The van der Waals surface area contributed by atoms with E-state index in [0.717, 1.165) is 9.27 Å². The summed E-state index contributed by atoms with van der Waals surface area (Å²) in [5, 5.41) is 32.5. The molecule has 0 radical (unpaired) electrons. The second-order valence-electron chi connectivity index (χ2n) is 13.5. The highest BCUT2D eigenvalue weighted by Crippen LogP contribution is 2.48. The summed E-state index contributed by atoms with van der Waals surface area (Å²) < 4.78 is 73.5. The lowest BCUT2D eigenvalue weighted by atomic mass is 10.0. The van der Waals surface area contributed by atoms with Crippen LogP contribution in [0.4, 0.5) is 51.4 Å². The molecule has 3 aromatic carbocycles. The highest BCUT2D eigenvalue weighted by molar-refractivity contribution is 7.86. The zero-order chi connectivity index (χ0) is 44.0. The second-order valence-corrected chi connectivity index (χ2v) is 17.2. The Morgan fingerprint density at radius 3 is 2.07 bits per heavy atom. The van der Waals surface area contributed by atoms with Gasteiger partial charge in [0.05, 0.1) is 15.9 Å². The molecule has 21 heteroatoms. The van der Waals surface area contributed by atoms with Crippen molar-refractivity contribution in [3.63, 3.8) is 0 Å². The quantitative estimate of drug-likeness (QED) is 0.0660. The van der Waals surface area contributed by atoms with E-state index in [1.165, 1.54) is 56.9 Å². The third-order valence-electron chi connectivity index (χ3n) is 9.52. The lowest BCUT2D eigenvalue weighted by molar-refractivity contribution is 0.479. The maximum Gasteiger partial charge on any atom is 0.417 e. The van der Waals surface area contributed by atoms with Gasteiger partial charge in [0.2, 0.25) is 0 Å². The summed E-state index contributed by atoms with van der Waals surface area (Å²) >= 11 is 1.21. The lowest BCUT2D eigenvalue weighted by Gasteiger charge is -2.28. The van der Waals surface area contributed by atoms with Crippen LogP contribution in [0.15, 0.2) is 56.4 Å². The fourth-order valence-corrected chi connectivity index (χ4v) is 10.1. The Balaban J connectivity index is 1.76. The maximum absolute atomic E-state index is 12.9. The molecule has 0 atom stereocenters. The number of imidazole rings is 1. The van der Waals surface area contributed by atoms with E-state index in [0.29, 0.717) is 16.6 Å². The summed E-state index contributed by atoms with van der Waals surface area (Å²) in [5.74, 6) is -1.05. The molecule has 60 heavy (non-hydrogen) atoms. The van der Waals surface area contributed by atoms with Gasteiger partial charge in [-0.3, -0.25) is 14.0 Å². The molecule has 0 unspecified atom stereocenters. The highest BCUT2D eigenvalue weighted by Gasteiger charge is 2.32. The van der Waals surface area contributed by atoms with Crippen LogP contribution in [-0.4, -0.2) is 45.5 Å². The SMILES string of the molecule is [C-]#[N+]c1nc(N=Nc2c(Nc3c(C)cc(C)c(S(=O)(=O)O)c3C)nc(N(c3nc4ccccc4s3)c3c(C)cc(C)c(S(=O)(=O)O)c3C)c(C#N)c2C)n(CC#N)c1[N+]#[C-]. The number of para-hydroxylation sites is 1. The first-order valence-corrected chi connectivity index (χ1v) is 21.1. The summed E-state index contributed by atoms with van der Waals surface area (Å²) in [6.07, 6.45) is 0. The number of azo groups is 1. The molecule has 0 amide bonds. The summed E-state index contributed by atoms with van der Waals surface area (Å²) in [5.41, 5.74) is 2.75. The molecule has 0 saturated heterocycles. The van der Waals surface area contributed by atoms with Crippen LogP contribution in [0.1, 0.15) is 44.5 Å². The third-order valence-corrected chi connectivity index (χ3v) is 12.8. The van der Waals surface area contributed by atoms with Crippen molar-refractivity contribution >= 4 is 93.2 Å². The summed E-state index contributed by atoms with van der Waals surface area (Å²) in [6, 6.07) is 14.4. The molecule has 302 valence electrons. The van der Waals surface area contributed by atoms with E-state index < -0.39 is 26.8 Å². The van der Waals surface area contributed by atoms with E-state index in [9.17, 15) is 36.5 Å². The van der Waals surface area contributed by atoms with E-state index in [2.05, 4.69) is 36.3 Å². The smallest absolute Gasteiger partial charge is 0.373 e. The Morgan fingerprint density at radius 2 is 1.48 bits per heavy atom. The number of aryl methyl sites for hydroxylation is 4. The number of nitrogens with zero attached hydrogens (tertiary/aromatic N) is 11. The minimum Gasteiger partial charge on any atom is -0.373 e. The van der Waals surface area contributed by atoms with Crippen molar-refractivity contribution in [1.29, 1.82) is 10.5 Å². The van der Waals surface area contributed by atoms with Crippen LogP contribution in [0.3, 0.4) is 0 Å². The number of hydrogen-bond acceptors (Lipinski definition) is 14. The number of rotatable bonds is 10. The van der Waals surface area contributed by atoms with E-state index in [-0.39, 0.29) is 94.6 Å². The van der Waals surface area contributed by atoms with Crippen LogP contribution in [0, 0.1) is 84.3 Å². The largest absolute Gasteiger partial charge is 0.417 e. The van der Waals surface area contributed by atoms with Crippen molar-refractivity contribution in [2.24, 2.45) is 10.2 Å². The minimum atomic E-state index is -4.78. The van der Waals surface area contributed by atoms with Crippen LogP contribution in [0.25, 0.3) is 19.9 Å². The maximum atomic E-state index is 12.9. The van der Waals surface area contributed by atoms with Crippen molar-refractivity contribution in [3.8, 4) is 12.1 Å². The van der Waals surface area contributed by atoms with Crippen LogP contribution in [-0.2, 0) is 26.8 Å². The van der Waals surface area contributed by atoms with Crippen LogP contribution >= 0.6 is 11.3 Å². The molecule has 0 spiro atoms. The Hall–Kier alpha value is -7.11. The normalized spacial score (nSPS) is 11.6. The van der Waals surface area contributed by atoms with Gasteiger partial charge in [0.1, 0.15) is 33.2 Å². The number of aromatic nitrogens is 4. The monoisotopic (exact) mass is 860 g/mol. The number of pyridine rings is 1. The molecule has 0 aliphatic heterocycles. The zero-order valence-corrected chi connectivity index (χ0v) is 35.3. The zero-order valence-electron chi connectivity index (χ0n) is 32.8. The Morgan fingerprint density at radius 1 is 0.850 bits per heavy atom. The number of fused-ring (bicyclic) bond motifs is 1. The average molecular weight is 861 g/mol. The van der Waals surface area contributed by atoms with Crippen molar-refractivity contribution < 1.29 is 25.9 Å². The Kier molecular flexibility index (Phi) is 11.3. The van der Waals surface area contributed by atoms with Gasteiger partial charge < -0.3 is 15.0 Å². The van der Waals surface area contributed by atoms with E-state index in [4.69, 9.17) is 23.1 Å². The van der Waals surface area contributed by atoms with Crippen molar-refractivity contribution in [2.45, 2.75) is 64.8 Å². The van der Waals surface area contributed by atoms with Gasteiger partial charge in [-0.05, 0) is 94.0 Å². The molecule has 0 aliphatic carbocycles. The van der Waals surface area contributed by atoms with E-state index in [1.807, 2.05) is 18.2 Å². The van der Waals surface area contributed by atoms with Gasteiger partial charge in [-0.2, -0.15) is 27.4 Å². The van der Waals surface area contributed by atoms with Crippen molar-refractivity contribution in [1.82, 2.24) is 19.5 Å². The first-order valence-electron chi connectivity index (χ1n) is 17.4. The molecular weight excluding hydrogens is 829 g/mol. The third kappa shape index (κ3) is 7.51. The second kappa shape index (κ2) is 15.9. The first kappa shape index (κ1) is 42.5. The highest BCUT2D eigenvalue weighted by atomic mass is 32.2. The first-order chi connectivity index (χ1) is 28.3. The predicted molar refractivity (Wildman–Crippen MR) is 224 cm³/mol. The van der Waals surface area contributed by atoms with Gasteiger partial charge >= 0.3 is 5.95 Å². The van der Waals surface area contributed by atoms with Gasteiger partial charge in [-0.15, -0.1) is 5.11 Å². The van der Waals surface area contributed by atoms with Crippen molar-refractivity contribution in [2.75, 3.05) is 10.2 Å². The van der Waals surface area contributed by atoms with E-state index in [1.54, 1.807) is 32.0 Å². The lowest BCUT2D eigenvalue weighted by Crippen LogP contribution is -2.19. The number of thiazole rings is 1. The average Bonchev–Trinajstić information content (AvgIpc) is 3.74. The van der Waals surface area contributed by atoms with Crippen LogP contribution < -0.4 is 10.2 Å². The Labute approximate surface area is 348 Å². The molecule has 6 rings (SSSR count). The number of hydrogen-bond donors (Lipinski definition) is 3. The minimum absolute atomic E-state index is 0.0826. The topological polar surface area (TPSA) is 249 Å². The summed E-state index contributed by atoms with van der Waals surface area (Å²) in [7, 11) is -9.52. The van der Waals surface area contributed by atoms with E-state index >= 15 is 0 Å². The fraction of sp³-hybridized carbons (Fsp3) is 0.205. The molecule has 3 heterocycles. The molecule has 18 nitrogen and oxygen atoms in total.